The van der Waals surface area contributed by atoms with Crippen molar-refractivity contribution in [2.45, 2.75) is 20.8 Å². The van der Waals surface area contributed by atoms with Gasteiger partial charge in [-0.05, 0) is 11.5 Å². The van der Waals surface area contributed by atoms with Crippen LogP contribution < -0.4 is 10.6 Å². The van der Waals surface area contributed by atoms with Crippen LogP contribution in [0.5, 0.6) is 0 Å². The number of rotatable bonds is 5. The smallest absolute Gasteiger partial charge is 0.269 e. The lowest BCUT2D eigenvalue weighted by Gasteiger charge is -2.18. The molecule has 5 nitrogen and oxygen atoms in total. The maximum atomic E-state index is 11.5. The lowest BCUT2D eigenvalue weighted by atomic mass is 9.97. The zero-order chi connectivity index (χ0) is 12.0. The summed E-state index contributed by atoms with van der Waals surface area (Å²) in [5.41, 5.74) is 0.767. The summed E-state index contributed by atoms with van der Waals surface area (Å²) >= 11 is 0. The second-order valence-corrected chi connectivity index (χ2v) is 4.96. The van der Waals surface area contributed by atoms with Crippen LogP contribution in [0.1, 0.15) is 31.3 Å². The standard InChI is InChI=1S/C11H20N4O/c1-11(2,3)8-12-6-7-13-10(16)9-4-5-14-15-9/h4-5,12H,6-8H2,1-3H3,(H,13,16)(H,14,15). The maximum absolute atomic E-state index is 11.5. The van der Waals surface area contributed by atoms with E-state index in [0.717, 1.165) is 13.1 Å². The third-order valence-corrected chi connectivity index (χ3v) is 1.99. The Morgan fingerprint density at radius 3 is 2.75 bits per heavy atom. The number of nitrogens with one attached hydrogen (secondary N) is 3. The average molecular weight is 224 g/mol. The minimum Gasteiger partial charge on any atom is -0.349 e. The van der Waals surface area contributed by atoms with Gasteiger partial charge in [-0.15, -0.1) is 0 Å². The lowest BCUT2D eigenvalue weighted by molar-refractivity contribution is 0.0949. The van der Waals surface area contributed by atoms with Gasteiger partial charge in [0.05, 0.1) is 0 Å². The van der Waals surface area contributed by atoms with Crippen LogP contribution in [-0.2, 0) is 0 Å². The van der Waals surface area contributed by atoms with Gasteiger partial charge < -0.3 is 10.6 Å². The zero-order valence-electron chi connectivity index (χ0n) is 10.1. The summed E-state index contributed by atoms with van der Waals surface area (Å²) in [6.07, 6.45) is 1.56. The first-order valence-electron chi connectivity index (χ1n) is 5.47. The van der Waals surface area contributed by atoms with E-state index >= 15 is 0 Å². The van der Waals surface area contributed by atoms with Crippen molar-refractivity contribution in [2.24, 2.45) is 5.41 Å². The molecule has 16 heavy (non-hydrogen) atoms. The van der Waals surface area contributed by atoms with E-state index in [1.807, 2.05) is 0 Å². The highest BCUT2D eigenvalue weighted by Gasteiger charge is 2.09. The largest absolute Gasteiger partial charge is 0.349 e. The molecule has 0 bridgehead atoms. The fourth-order valence-electron chi connectivity index (χ4n) is 1.21. The number of aromatic amines is 1. The Labute approximate surface area is 96.0 Å². The molecule has 1 aromatic heterocycles. The van der Waals surface area contributed by atoms with Crippen LogP contribution in [0.25, 0.3) is 0 Å². The van der Waals surface area contributed by atoms with Crippen molar-refractivity contribution in [3.63, 3.8) is 0 Å². The molecule has 0 aliphatic heterocycles. The number of hydrogen-bond donors (Lipinski definition) is 3. The van der Waals surface area contributed by atoms with E-state index in [1.54, 1.807) is 12.3 Å². The predicted molar refractivity (Wildman–Crippen MR) is 63.2 cm³/mol. The maximum Gasteiger partial charge on any atom is 0.269 e. The Hall–Kier alpha value is -1.36. The molecule has 0 atom stereocenters. The van der Waals surface area contributed by atoms with Gasteiger partial charge in [-0.1, -0.05) is 20.8 Å². The fourth-order valence-corrected chi connectivity index (χ4v) is 1.21. The minimum atomic E-state index is -0.116. The molecule has 0 saturated heterocycles. The third-order valence-electron chi connectivity index (χ3n) is 1.99. The molecule has 1 amide bonds. The normalized spacial score (nSPS) is 11.4. The van der Waals surface area contributed by atoms with Crippen molar-refractivity contribution in [1.29, 1.82) is 0 Å². The van der Waals surface area contributed by atoms with Crippen LogP contribution in [0.15, 0.2) is 12.3 Å². The number of carbonyl (C=O) groups is 1. The van der Waals surface area contributed by atoms with Gasteiger partial charge in [-0.2, -0.15) is 5.10 Å². The predicted octanol–water partition coefficient (Wildman–Crippen LogP) is 0.775. The van der Waals surface area contributed by atoms with Crippen molar-refractivity contribution in [1.82, 2.24) is 20.8 Å². The van der Waals surface area contributed by atoms with Crippen molar-refractivity contribution in [2.75, 3.05) is 19.6 Å². The topological polar surface area (TPSA) is 69.8 Å². The first-order chi connectivity index (χ1) is 7.49. The second-order valence-electron chi connectivity index (χ2n) is 4.96. The molecule has 0 saturated carbocycles. The van der Waals surface area contributed by atoms with Gasteiger partial charge in [-0.3, -0.25) is 9.89 Å². The van der Waals surface area contributed by atoms with Gasteiger partial charge in [0.1, 0.15) is 5.69 Å². The summed E-state index contributed by atoms with van der Waals surface area (Å²) in [5.74, 6) is -0.116. The SMILES string of the molecule is CC(C)(C)CNCCNC(=O)c1ccn[nH]1. The zero-order valence-corrected chi connectivity index (χ0v) is 10.1. The summed E-state index contributed by atoms with van der Waals surface area (Å²) in [5, 5.41) is 12.4. The van der Waals surface area contributed by atoms with Gasteiger partial charge in [0.15, 0.2) is 0 Å². The first-order valence-corrected chi connectivity index (χ1v) is 5.47. The van der Waals surface area contributed by atoms with Crippen molar-refractivity contribution >= 4 is 5.91 Å². The summed E-state index contributed by atoms with van der Waals surface area (Å²) in [4.78, 5) is 11.5. The van der Waals surface area contributed by atoms with Crippen molar-refractivity contribution in [3.05, 3.63) is 18.0 Å². The van der Waals surface area contributed by atoms with Gasteiger partial charge in [0, 0.05) is 25.8 Å². The van der Waals surface area contributed by atoms with Crippen LogP contribution in [-0.4, -0.2) is 35.7 Å². The quantitative estimate of drug-likeness (QED) is 0.647. The molecule has 0 spiro atoms. The Balaban J connectivity index is 2.10. The highest BCUT2D eigenvalue weighted by molar-refractivity contribution is 5.92. The molecule has 1 rings (SSSR count). The van der Waals surface area contributed by atoms with Gasteiger partial charge >= 0.3 is 0 Å². The highest BCUT2D eigenvalue weighted by Crippen LogP contribution is 2.09. The summed E-state index contributed by atoms with van der Waals surface area (Å²) in [6.45, 7) is 8.84. The number of H-pyrrole nitrogens is 1. The molecular weight excluding hydrogens is 204 g/mol. The highest BCUT2D eigenvalue weighted by atomic mass is 16.1. The summed E-state index contributed by atoms with van der Waals surface area (Å²) in [7, 11) is 0. The monoisotopic (exact) mass is 224 g/mol. The second kappa shape index (κ2) is 5.65. The van der Waals surface area contributed by atoms with E-state index in [2.05, 4.69) is 41.6 Å². The van der Waals surface area contributed by atoms with E-state index in [0.29, 0.717) is 12.2 Å². The van der Waals surface area contributed by atoms with E-state index in [9.17, 15) is 4.79 Å². The van der Waals surface area contributed by atoms with Crippen LogP contribution in [0.2, 0.25) is 0 Å². The van der Waals surface area contributed by atoms with E-state index in [1.165, 1.54) is 0 Å². The molecule has 5 heteroatoms. The van der Waals surface area contributed by atoms with Gasteiger partial charge in [0.2, 0.25) is 0 Å². The van der Waals surface area contributed by atoms with Crippen LogP contribution in [0, 0.1) is 5.41 Å². The Morgan fingerprint density at radius 2 is 2.19 bits per heavy atom. The first kappa shape index (κ1) is 12.7. The van der Waals surface area contributed by atoms with E-state index in [4.69, 9.17) is 0 Å². The molecule has 0 aromatic carbocycles. The lowest BCUT2D eigenvalue weighted by Crippen LogP contribution is -2.35. The molecular formula is C11H20N4O. The number of amides is 1. The van der Waals surface area contributed by atoms with E-state index in [-0.39, 0.29) is 11.3 Å². The molecule has 0 unspecified atom stereocenters. The number of aromatic nitrogens is 2. The van der Waals surface area contributed by atoms with Crippen LogP contribution >= 0.6 is 0 Å². The Bertz CT molecular complexity index is 313. The summed E-state index contributed by atoms with van der Waals surface area (Å²) in [6, 6.07) is 1.65. The molecule has 0 aliphatic carbocycles. The van der Waals surface area contributed by atoms with Crippen LogP contribution in [0.4, 0.5) is 0 Å². The average Bonchev–Trinajstić information content (AvgIpc) is 2.67. The molecule has 1 heterocycles. The molecule has 3 N–H and O–H groups in total. The molecule has 0 aliphatic rings. The minimum absolute atomic E-state index is 0.116. The number of nitrogens with zero attached hydrogens (tertiary/aromatic N) is 1. The Morgan fingerprint density at radius 1 is 1.44 bits per heavy atom. The fraction of sp³-hybridized carbons (Fsp3) is 0.636. The third kappa shape index (κ3) is 4.93. The Kier molecular flexibility index (Phi) is 4.49. The molecule has 1 aromatic rings. The van der Waals surface area contributed by atoms with Gasteiger partial charge in [-0.25, -0.2) is 0 Å². The molecule has 0 fully saturated rings. The van der Waals surface area contributed by atoms with Crippen molar-refractivity contribution < 1.29 is 4.79 Å². The number of hydrogen-bond acceptors (Lipinski definition) is 3. The van der Waals surface area contributed by atoms with Gasteiger partial charge in [0.25, 0.3) is 5.91 Å². The molecule has 90 valence electrons. The van der Waals surface area contributed by atoms with E-state index < -0.39 is 0 Å². The summed E-state index contributed by atoms with van der Waals surface area (Å²) < 4.78 is 0. The van der Waals surface area contributed by atoms with Crippen LogP contribution in [0.3, 0.4) is 0 Å². The van der Waals surface area contributed by atoms with Crippen molar-refractivity contribution in [3.8, 4) is 0 Å². The number of carbonyl (C=O) groups excluding carboxylic acids is 1. The molecule has 0 radical (unpaired) electrons.